The van der Waals surface area contributed by atoms with Crippen LogP contribution in [0.1, 0.15) is 39.2 Å². The van der Waals surface area contributed by atoms with E-state index in [-0.39, 0.29) is 17.5 Å². The topological polar surface area (TPSA) is 82.8 Å². The van der Waals surface area contributed by atoms with E-state index >= 15 is 0 Å². The minimum absolute atomic E-state index is 0.0481. The molecule has 31 heavy (non-hydrogen) atoms. The second-order valence-electron chi connectivity index (χ2n) is 8.24. The van der Waals surface area contributed by atoms with Crippen LogP contribution in [0.4, 0.5) is 5.69 Å². The predicted molar refractivity (Wildman–Crippen MR) is 118 cm³/mol. The second-order valence-corrected chi connectivity index (χ2v) is 8.24. The Balaban J connectivity index is 1.45. The van der Waals surface area contributed by atoms with Gasteiger partial charge in [-0.3, -0.25) is 9.59 Å². The Bertz CT molecular complexity index is 1260. The number of anilines is 1. The van der Waals surface area contributed by atoms with Gasteiger partial charge in [0.15, 0.2) is 0 Å². The Labute approximate surface area is 179 Å². The molecule has 7 heteroatoms. The number of benzene rings is 2. The molecule has 1 amide bonds. The highest BCUT2D eigenvalue weighted by Gasteiger charge is 2.30. The molecule has 0 spiro atoms. The summed E-state index contributed by atoms with van der Waals surface area (Å²) >= 11 is 0. The lowest BCUT2D eigenvalue weighted by Crippen LogP contribution is -2.49. The van der Waals surface area contributed by atoms with Crippen molar-refractivity contribution in [1.29, 1.82) is 0 Å². The molecule has 0 radical (unpaired) electrons. The monoisotopic (exact) mass is 417 g/mol. The molecule has 2 aliphatic heterocycles. The molecule has 1 unspecified atom stereocenters. The molecule has 1 atom stereocenters. The van der Waals surface area contributed by atoms with E-state index in [0.717, 1.165) is 23.2 Å². The van der Waals surface area contributed by atoms with E-state index in [1.165, 1.54) is 6.20 Å². The van der Waals surface area contributed by atoms with E-state index in [0.29, 0.717) is 37.1 Å². The number of hydrogen-bond acceptors (Lipinski definition) is 4. The molecule has 158 valence electrons. The average molecular weight is 417 g/mol. The number of aromatic carboxylic acids is 1. The molecule has 7 nitrogen and oxygen atoms in total. The number of aromatic nitrogens is 1. The van der Waals surface area contributed by atoms with Crippen LogP contribution in [0.15, 0.2) is 53.5 Å². The Kier molecular flexibility index (Phi) is 4.54. The number of amides is 1. The average Bonchev–Trinajstić information content (AvgIpc) is 3.12. The van der Waals surface area contributed by atoms with Crippen molar-refractivity contribution in [3.63, 3.8) is 0 Å². The number of hydrogen-bond donors (Lipinski definition) is 1. The fraction of sp³-hybridized carbons (Fsp3) is 0.292. The second kappa shape index (κ2) is 7.27. The van der Waals surface area contributed by atoms with Gasteiger partial charge in [-0.15, -0.1) is 0 Å². The minimum atomic E-state index is -1.19. The van der Waals surface area contributed by atoms with Gasteiger partial charge < -0.3 is 19.5 Å². The van der Waals surface area contributed by atoms with Crippen molar-refractivity contribution in [3.8, 4) is 0 Å². The largest absolute Gasteiger partial charge is 0.477 e. The quantitative estimate of drug-likeness (QED) is 0.709. The summed E-state index contributed by atoms with van der Waals surface area (Å²) in [7, 11) is 0. The van der Waals surface area contributed by atoms with E-state index < -0.39 is 11.4 Å². The van der Waals surface area contributed by atoms with Crippen molar-refractivity contribution in [2.24, 2.45) is 0 Å². The summed E-state index contributed by atoms with van der Waals surface area (Å²) < 4.78 is 1.92. The highest BCUT2D eigenvalue weighted by atomic mass is 16.4. The van der Waals surface area contributed by atoms with Crippen molar-refractivity contribution in [2.45, 2.75) is 19.4 Å². The van der Waals surface area contributed by atoms with E-state index in [4.69, 9.17) is 0 Å². The summed E-state index contributed by atoms with van der Waals surface area (Å²) in [6.07, 6.45) is 2.23. The molecule has 1 fully saturated rings. The molecule has 5 rings (SSSR count). The van der Waals surface area contributed by atoms with Crippen LogP contribution in [0.25, 0.3) is 10.9 Å². The first kappa shape index (κ1) is 19.4. The molecule has 1 N–H and O–H groups in total. The zero-order chi connectivity index (χ0) is 21.7. The van der Waals surface area contributed by atoms with E-state index in [1.807, 2.05) is 52.8 Å². The first-order chi connectivity index (χ1) is 15.0. The Morgan fingerprint density at radius 1 is 1.00 bits per heavy atom. The lowest BCUT2D eigenvalue weighted by Gasteiger charge is -2.37. The summed E-state index contributed by atoms with van der Waals surface area (Å²) in [6, 6.07) is 13.1. The van der Waals surface area contributed by atoms with Crippen LogP contribution in [-0.4, -0.2) is 52.6 Å². The number of carbonyl (C=O) groups excluding carboxylic acids is 1. The summed E-state index contributed by atoms with van der Waals surface area (Å²) in [5.74, 6) is -1.15. The fourth-order valence-electron chi connectivity index (χ4n) is 4.82. The zero-order valence-corrected chi connectivity index (χ0v) is 17.2. The fourth-order valence-corrected chi connectivity index (χ4v) is 4.82. The summed E-state index contributed by atoms with van der Waals surface area (Å²) in [5.41, 5.74) is 3.07. The first-order valence-electron chi connectivity index (χ1n) is 10.5. The molecule has 2 aliphatic rings. The van der Waals surface area contributed by atoms with Crippen LogP contribution in [0.2, 0.25) is 0 Å². The zero-order valence-electron chi connectivity index (χ0n) is 17.2. The van der Waals surface area contributed by atoms with Gasteiger partial charge in [0.2, 0.25) is 5.43 Å². The highest BCUT2D eigenvalue weighted by Crippen LogP contribution is 2.38. The number of pyridine rings is 1. The van der Waals surface area contributed by atoms with Crippen LogP contribution in [0, 0.1) is 0 Å². The molecule has 0 aliphatic carbocycles. The molecule has 1 saturated heterocycles. The SMILES string of the molecule is CC1Cc2c(N3CCN(C(=O)c4ccccc4)CC3)ccc3c(=O)c(C(=O)O)cn1c23. The van der Waals surface area contributed by atoms with Crippen LogP contribution >= 0.6 is 0 Å². The van der Waals surface area contributed by atoms with Gasteiger partial charge in [-0.2, -0.15) is 0 Å². The highest BCUT2D eigenvalue weighted by molar-refractivity contribution is 5.96. The molecule has 3 aromatic rings. The third kappa shape index (κ3) is 3.08. The molecular formula is C24H23N3O4. The smallest absolute Gasteiger partial charge is 0.341 e. The molecule has 1 aromatic heterocycles. The Hall–Kier alpha value is -3.61. The van der Waals surface area contributed by atoms with Crippen molar-refractivity contribution in [3.05, 3.63) is 75.6 Å². The van der Waals surface area contributed by atoms with Gasteiger partial charge in [0.1, 0.15) is 5.56 Å². The maximum absolute atomic E-state index is 12.7. The van der Waals surface area contributed by atoms with Gasteiger partial charge in [-0.25, -0.2) is 4.79 Å². The summed E-state index contributed by atoms with van der Waals surface area (Å²) in [4.78, 5) is 41.1. The van der Waals surface area contributed by atoms with Crippen LogP contribution in [-0.2, 0) is 6.42 Å². The molecule has 0 saturated carbocycles. The standard InChI is InChI=1S/C24H23N3O4/c1-15-13-18-20(8-7-17-21(18)27(15)14-19(22(17)28)24(30)31)25-9-11-26(12-10-25)23(29)16-5-3-2-4-6-16/h2-8,14-15H,9-13H2,1H3,(H,30,31). The van der Waals surface area contributed by atoms with Crippen molar-refractivity contribution < 1.29 is 14.7 Å². The lowest BCUT2D eigenvalue weighted by molar-refractivity contribution is 0.0693. The number of carbonyl (C=O) groups is 2. The van der Waals surface area contributed by atoms with Gasteiger partial charge in [0.25, 0.3) is 5.91 Å². The first-order valence-corrected chi connectivity index (χ1v) is 10.5. The predicted octanol–water partition coefficient (Wildman–Crippen LogP) is 2.78. The van der Waals surface area contributed by atoms with Crippen LogP contribution in [0.5, 0.6) is 0 Å². The van der Waals surface area contributed by atoms with Crippen LogP contribution in [0.3, 0.4) is 0 Å². The number of carboxylic acid groups (broad SMARTS) is 1. The summed E-state index contributed by atoms with van der Waals surface area (Å²) in [6.45, 7) is 4.72. The van der Waals surface area contributed by atoms with E-state index in [2.05, 4.69) is 4.90 Å². The van der Waals surface area contributed by atoms with Crippen molar-refractivity contribution in [2.75, 3.05) is 31.1 Å². The third-order valence-corrected chi connectivity index (χ3v) is 6.41. The van der Waals surface area contributed by atoms with Crippen molar-refractivity contribution in [1.82, 2.24) is 9.47 Å². The Morgan fingerprint density at radius 2 is 1.71 bits per heavy atom. The molecule has 3 heterocycles. The lowest BCUT2D eigenvalue weighted by atomic mass is 10.0. The Morgan fingerprint density at radius 3 is 2.39 bits per heavy atom. The summed E-state index contributed by atoms with van der Waals surface area (Å²) in [5, 5.41) is 9.86. The van der Waals surface area contributed by atoms with Crippen molar-refractivity contribution >= 4 is 28.5 Å². The van der Waals surface area contributed by atoms with Gasteiger partial charge in [0.05, 0.1) is 5.52 Å². The molecule has 0 bridgehead atoms. The normalized spacial score (nSPS) is 17.9. The van der Waals surface area contributed by atoms with E-state index in [1.54, 1.807) is 6.07 Å². The molecular weight excluding hydrogens is 394 g/mol. The maximum Gasteiger partial charge on any atom is 0.341 e. The van der Waals surface area contributed by atoms with Gasteiger partial charge in [-0.1, -0.05) is 18.2 Å². The van der Waals surface area contributed by atoms with E-state index in [9.17, 15) is 19.5 Å². The number of carboxylic acids is 1. The van der Waals surface area contributed by atoms with Gasteiger partial charge in [-0.05, 0) is 37.6 Å². The molecule has 2 aromatic carbocycles. The number of piperazine rings is 1. The third-order valence-electron chi connectivity index (χ3n) is 6.41. The van der Waals surface area contributed by atoms with Gasteiger partial charge in [0, 0.05) is 60.6 Å². The maximum atomic E-state index is 12.7. The van der Waals surface area contributed by atoms with Crippen LogP contribution < -0.4 is 10.3 Å². The van der Waals surface area contributed by atoms with Gasteiger partial charge >= 0.3 is 5.97 Å². The number of rotatable bonds is 3. The minimum Gasteiger partial charge on any atom is -0.477 e. The number of nitrogens with zero attached hydrogens (tertiary/aromatic N) is 3.